The van der Waals surface area contributed by atoms with Crippen molar-refractivity contribution >= 4 is 12.1 Å². The second-order valence-electron chi connectivity index (χ2n) is 6.74. The molecule has 0 aromatic carbocycles. The number of fused-ring (bicyclic) bond motifs is 2. The number of hydrogen-bond acceptors (Lipinski definition) is 4. The molecule has 2 aliphatic rings. The van der Waals surface area contributed by atoms with Crippen molar-refractivity contribution in [1.29, 1.82) is 0 Å². The predicted octanol–water partition coefficient (Wildman–Crippen LogP) is 1.61. The number of rotatable bonds is 2. The fraction of sp³-hybridized carbons (Fsp3) is 0.857. The highest BCUT2D eigenvalue weighted by Crippen LogP contribution is 2.51. The molecule has 4 atom stereocenters. The maximum Gasteiger partial charge on any atom is 0.411 e. The minimum absolute atomic E-state index is 0.211. The molecule has 0 aromatic rings. The summed E-state index contributed by atoms with van der Waals surface area (Å²) in [5.74, 6) is -1.22. The lowest BCUT2D eigenvalue weighted by atomic mass is 9.80. The monoisotopic (exact) mass is 285 g/mol. The third kappa shape index (κ3) is 2.06. The quantitative estimate of drug-likeness (QED) is 0.805. The lowest BCUT2D eigenvalue weighted by molar-refractivity contribution is -0.157. The molecular weight excluding hydrogens is 262 g/mol. The van der Waals surface area contributed by atoms with Crippen LogP contribution >= 0.6 is 0 Å². The number of piperidine rings is 1. The number of nitrogens with zero attached hydrogens (tertiary/aromatic N) is 1. The van der Waals surface area contributed by atoms with E-state index < -0.39 is 35.3 Å². The topological polar surface area (TPSA) is 87.1 Å². The fourth-order valence-corrected chi connectivity index (χ4v) is 3.65. The van der Waals surface area contributed by atoms with Gasteiger partial charge in [0, 0.05) is 0 Å². The lowest BCUT2D eigenvalue weighted by Gasteiger charge is -2.44. The molecule has 114 valence electrons. The molecule has 2 fully saturated rings. The average molecular weight is 285 g/mol. The molecule has 0 aromatic heterocycles. The van der Waals surface area contributed by atoms with E-state index in [0.717, 1.165) is 0 Å². The second kappa shape index (κ2) is 4.62. The van der Waals surface area contributed by atoms with Gasteiger partial charge in [0.25, 0.3) is 0 Å². The number of carbonyl (C=O) groups is 2. The Bertz CT molecular complexity index is 430. The summed E-state index contributed by atoms with van der Waals surface area (Å²) in [6.45, 7) is 6.98. The SMILES string of the molecule is CC[C@@]1(C(=O)O)[C@@H]2C[C@@H](O)[C@@H](C2)N1C(=O)OC(C)(C)C. The van der Waals surface area contributed by atoms with Gasteiger partial charge in [0.1, 0.15) is 11.1 Å². The van der Waals surface area contributed by atoms with Gasteiger partial charge in [0.2, 0.25) is 0 Å². The first-order chi connectivity index (χ1) is 9.13. The van der Waals surface area contributed by atoms with E-state index >= 15 is 0 Å². The van der Waals surface area contributed by atoms with Crippen molar-refractivity contribution in [2.75, 3.05) is 0 Å². The van der Waals surface area contributed by atoms with Crippen LogP contribution in [-0.2, 0) is 9.53 Å². The summed E-state index contributed by atoms with van der Waals surface area (Å²) in [7, 11) is 0. The Hall–Kier alpha value is -1.30. The first-order valence-electron chi connectivity index (χ1n) is 7.07. The number of likely N-dealkylation sites (tertiary alicyclic amines) is 1. The van der Waals surface area contributed by atoms with Gasteiger partial charge in [-0.15, -0.1) is 0 Å². The molecule has 1 saturated carbocycles. The van der Waals surface area contributed by atoms with Crippen LogP contribution in [0.2, 0.25) is 0 Å². The Morgan fingerprint density at radius 1 is 1.35 bits per heavy atom. The summed E-state index contributed by atoms with van der Waals surface area (Å²) >= 11 is 0. The molecule has 1 aliphatic heterocycles. The van der Waals surface area contributed by atoms with E-state index in [1.165, 1.54) is 4.90 Å². The number of aliphatic hydroxyl groups excluding tert-OH is 1. The molecule has 0 radical (unpaired) electrons. The molecule has 2 bridgehead atoms. The molecule has 0 spiro atoms. The van der Waals surface area contributed by atoms with Crippen molar-refractivity contribution in [2.24, 2.45) is 5.92 Å². The normalized spacial score (nSPS) is 36.2. The minimum Gasteiger partial charge on any atom is -0.479 e. The van der Waals surface area contributed by atoms with Crippen molar-refractivity contribution in [3.05, 3.63) is 0 Å². The van der Waals surface area contributed by atoms with Crippen LogP contribution in [0.25, 0.3) is 0 Å². The second-order valence-corrected chi connectivity index (χ2v) is 6.74. The Morgan fingerprint density at radius 2 is 1.95 bits per heavy atom. The Labute approximate surface area is 118 Å². The van der Waals surface area contributed by atoms with Crippen molar-refractivity contribution in [3.63, 3.8) is 0 Å². The number of carboxylic acids is 1. The van der Waals surface area contributed by atoms with Crippen LogP contribution in [-0.4, -0.2) is 50.5 Å². The molecule has 2 rings (SSSR count). The molecule has 0 unspecified atom stereocenters. The Balaban J connectivity index is 2.36. The zero-order valence-electron chi connectivity index (χ0n) is 12.4. The van der Waals surface area contributed by atoms with Gasteiger partial charge in [-0.25, -0.2) is 9.59 Å². The Kier molecular flexibility index (Phi) is 3.48. The highest BCUT2D eigenvalue weighted by Gasteiger charge is 2.65. The van der Waals surface area contributed by atoms with Crippen LogP contribution in [0.15, 0.2) is 0 Å². The van der Waals surface area contributed by atoms with Gasteiger partial charge in [0.05, 0.1) is 12.1 Å². The third-order valence-electron chi connectivity index (χ3n) is 4.43. The molecule has 1 aliphatic carbocycles. The van der Waals surface area contributed by atoms with Crippen LogP contribution in [0, 0.1) is 5.92 Å². The highest BCUT2D eigenvalue weighted by atomic mass is 16.6. The standard InChI is InChI=1S/C14H23NO5/c1-5-14(11(17)18)8-6-9(10(16)7-8)15(14)12(19)20-13(2,3)4/h8-10,16H,5-7H2,1-4H3,(H,17,18)/t8-,9+,10+,14-/m0/s1. The zero-order chi connectivity index (χ0) is 15.3. The van der Waals surface area contributed by atoms with Crippen molar-refractivity contribution in [3.8, 4) is 0 Å². The summed E-state index contributed by atoms with van der Waals surface area (Å²) in [5, 5.41) is 19.7. The van der Waals surface area contributed by atoms with E-state index in [2.05, 4.69) is 0 Å². The summed E-state index contributed by atoms with van der Waals surface area (Å²) < 4.78 is 5.34. The van der Waals surface area contributed by atoms with Crippen LogP contribution in [0.3, 0.4) is 0 Å². The first-order valence-corrected chi connectivity index (χ1v) is 7.07. The number of ether oxygens (including phenoxy) is 1. The van der Waals surface area contributed by atoms with Crippen molar-refractivity contribution in [1.82, 2.24) is 4.90 Å². The molecule has 1 heterocycles. The van der Waals surface area contributed by atoms with Gasteiger partial charge < -0.3 is 14.9 Å². The summed E-state index contributed by atoms with van der Waals surface area (Å²) in [5.41, 5.74) is -1.94. The van der Waals surface area contributed by atoms with Crippen LogP contribution in [0.5, 0.6) is 0 Å². The average Bonchev–Trinajstić information content (AvgIpc) is 2.80. The van der Waals surface area contributed by atoms with Gasteiger partial charge >= 0.3 is 12.1 Å². The maximum absolute atomic E-state index is 12.4. The lowest BCUT2D eigenvalue weighted by Crippen LogP contribution is -2.63. The van der Waals surface area contributed by atoms with E-state index in [1.807, 2.05) is 0 Å². The number of carbonyl (C=O) groups excluding carboxylic acids is 1. The van der Waals surface area contributed by atoms with Crippen LogP contribution in [0.4, 0.5) is 4.79 Å². The number of aliphatic carboxylic acids is 1. The van der Waals surface area contributed by atoms with Crippen LogP contribution in [0.1, 0.15) is 47.0 Å². The first kappa shape index (κ1) is 15.1. The fourth-order valence-electron chi connectivity index (χ4n) is 3.65. The molecular formula is C14H23NO5. The zero-order valence-corrected chi connectivity index (χ0v) is 12.4. The smallest absolute Gasteiger partial charge is 0.411 e. The minimum atomic E-state index is -1.24. The van der Waals surface area contributed by atoms with Gasteiger partial charge in [-0.3, -0.25) is 4.90 Å². The number of hydrogen-bond donors (Lipinski definition) is 2. The Morgan fingerprint density at radius 3 is 2.40 bits per heavy atom. The van der Waals surface area contributed by atoms with Gasteiger partial charge in [0.15, 0.2) is 0 Å². The predicted molar refractivity (Wildman–Crippen MR) is 71.2 cm³/mol. The van der Waals surface area contributed by atoms with Crippen molar-refractivity contribution < 1.29 is 24.5 Å². The van der Waals surface area contributed by atoms with E-state index in [0.29, 0.717) is 19.3 Å². The molecule has 2 N–H and O–H groups in total. The molecule has 1 amide bonds. The van der Waals surface area contributed by atoms with Gasteiger partial charge in [-0.05, 0) is 46.0 Å². The molecule has 6 heteroatoms. The van der Waals surface area contributed by atoms with Gasteiger partial charge in [-0.2, -0.15) is 0 Å². The maximum atomic E-state index is 12.4. The largest absolute Gasteiger partial charge is 0.479 e. The highest BCUT2D eigenvalue weighted by molar-refractivity contribution is 5.86. The third-order valence-corrected chi connectivity index (χ3v) is 4.43. The van der Waals surface area contributed by atoms with Crippen LogP contribution < -0.4 is 0 Å². The molecule has 20 heavy (non-hydrogen) atoms. The summed E-state index contributed by atoms with van der Waals surface area (Å²) in [6, 6.07) is -0.453. The summed E-state index contributed by atoms with van der Waals surface area (Å²) in [6.07, 6.45) is -0.0281. The number of aliphatic hydroxyl groups is 1. The van der Waals surface area contributed by atoms with E-state index in [1.54, 1.807) is 27.7 Å². The van der Waals surface area contributed by atoms with E-state index in [-0.39, 0.29) is 5.92 Å². The van der Waals surface area contributed by atoms with E-state index in [4.69, 9.17) is 4.74 Å². The summed E-state index contributed by atoms with van der Waals surface area (Å²) in [4.78, 5) is 25.5. The molecule has 1 saturated heterocycles. The number of carboxylic acid groups (broad SMARTS) is 1. The van der Waals surface area contributed by atoms with Gasteiger partial charge in [-0.1, -0.05) is 6.92 Å². The molecule has 6 nitrogen and oxygen atoms in total. The van der Waals surface area contributed by atoms with E-state index in [9.17, 15) is 19.8 Å². The van der Waals surface area contributed by atoms with Crippen molar-refractivity contribution in [2.45, 2.75) is 70.2 Å². The number of amides is 1.